The molecule has 150 valence electrons. The molecular weight excluding hydrogens is 483 g/mol. The average molecular weight is 510 g/mol. The average Bonchev–Trinajstić information content (AvgIpc) is 3.12. The molecule has 2 heterocycles. The van der Waals surface area contributed by atoms with Gasteiger partial charge in [0.2, 0.25) is 0 Å². The minimum atomic E-state index is 0. The second-order valence-electron chi connectivity index (χ2n) is 6.00. The van der Waals surface area contributed by atoms with E-state index < -0.39 is 0 Å². The summed E-state index contributed by atoms with van der Waals surface area (Å²) in [5.74, 6) is 2.86. The second-order valence-corrected chi connectivity index (χ2v) is 7.17. The van der Waals surface area contributed by atoms with E-state index in [1.54, 1.807) is 0 Å². The van der Waals surface area contributed by atoms with Crippen LogP contribution >= 0.6 is 35.7 Å². The maximum absolute atomic E-state index is 4.67. The zero-order chi connectivity index (χ0) is 18.7. The van der Waals surface area contributed by atoms with Crippen molar-refractivity contribution in [2.75, 3.05) is 25.4 Å². The van der Waals surface area contributed by atoms with Gasteiger partial charge in [-0.1, -0.05) is 24.3 Å². The molecule has 6 nitrogen and oxygen atoms in total. The standard InChI is InChI=1S/C20H26N6S.HI/c1-2-21-20(23-14-16-27-17-9-4-3-5-10-17)22-13-8-12-19-25-24-18-11-6-7-15-26(18)19;/h3-7,9-11,15H,2,8,12-14,16H2,1H3,(H2,21,22,23);1H. The topological polar surface area (TPSA) is 66.6 Å². The zero-order valence-electron chi connectivity index (χ0n) is 16.0. The third-order valence-corrected chi connectivity index (χ3v) is 4.98. The van der Waals surface area contributed by atoms with Crippen molar-refractivity contribution in [3.8, 4) is 0 Å². The maximum Gasteiger partial charge on any atom is 0.191 e. The summed E-state index contributed by atoms with van der Waals surface area (Å²) in [5, 5.41) is 15.2. The number of hydrogen-bond acceptors (Lipinski definition) is 4. The highest BCUT2D eigenvalue weighted by Gasteiger charge is 2.04. The molecule has 0 radical (unpaired) electrons. The van der Waals surface area contributed by atoms with Crippen molar-refractivity contribution in [2.45, 2.75) is 24.7 Å². The van der Waals surface area contributed by atoms with Crippen LogP contribution in [0.15, 0.2) is 64.6 Å². The normalized spacial score (nSPS) is 11.2. The molecule has 0 spiro atoms. The Morgan fingerprint density at radius 1 is 1.07 bits per heavy atom. The minimum Gasteiger partial charge on any atom is -0.357 e. The minimum absolute atomic E-state index is 0. The molecule has 0 aliphatic rings. The van der Waals surface area contributed by atoms with Gasteiger partial charge in [-0.25, -0.2) is 0 Å². The predicted molar refractivity (Wildman–Crippen MR) is 128 cm³/mol. The largest absolute Gasteiger partial charge is 0.357 e. The molecule has 0 aliphatic carbocycles. The summed E-state index contributed by atoms with van der Waals surface area (Å²) >= 11 is 1.84. The highest BCUT2D eigenvalue weighted by atomic mass is 127. The summed E-state index contributed by atoms with van der Waals surface area (Å²) in [6, 6.07) is 16.4. The number of aliphatic imine (C=N–C) groups is 1. The first-order chi connectivity index (χ1) is 13.4. The highest BCUT2D eigenvalue weighted by Crippen LogP contribution is 2.15. The maximum atomic E-state index is 4.67. The predicted octanol–water partition coefficient (Wildman–Crippen LogP) is 3.63. The third-order valence-electron chi connectivity index (χ3n) is 3.96. The van der Waals surface area contributed by atoms with E-state index in [0.717, 1.165) is 55.7 Å². The van der Waals surface area contributed by atoms with Crippen LogP contribution in [0.25, 0.3) is 5.65 Å². The molecule has 0 amide bonds. The number of hydrogen-bond donors (Lipinski definition) is 2. The smallest absolute Gasteiger partial charge is 0.191 e. The number of nitrogens with zero attached hydrogens (tertiary/aromatic N) is 4. The number of rotatable bonds is 9. The summed E-state index contributed by atoms with van der Waals surface area (Å²) in [6.07, 6.45) is 3.80. The number of thioether (sulfide) groups is 1. The number of fused-ring (bicyclic) bond motifs is 1. The SMILES string of the molecule is CCNC(=NCCCc1nnc2ccccn12)NCCSc1ccccc1.I. The van der Waals surface area contributed by atoms with Crippen molar-refractivity contribution in [3.05, 3.63) is 60.6 Å². The summed E-state index contributed by atoms with van der Waals surface area (Å²) in [5.41, 5.74) is 0.891. The fraction of sp³-hybridized carbons (Fsp3) is 0.350. The number of pyridine rings is 1. The second kappa shape index (κ2) is 12.6. The van der Waals surface area contributed by atoms with Gasteiger partial charge in [-0.05, 0) is 37.6 Å². The molecular formula is C20H27IN6S. The van der Waals surface area contributed by atoms with Gasteiger partial charge >= 0.3 is 0 Å². The van der Waals surface area contributed by atoms with Crippen LogP contribution in [0.1, 0.15) is 19.2 Å². The zero-order valence-corrected chi connectivity index (χ0v) is 19.2. The number of benzene rings is 1. The Morgan fingerprint density at radius 2 is 1.89 bits per heavy atom. The van der Waals surface area contributed by atoms with E-state index in [-0.39, 0.29) is 24.0 Å². The van der Waals surface area contributed by atoms with Gasteiger partial charge in [0.15, 0.2) is 11.6 Å². The van der Waals surface area contributed by atoms with Crippen LogP contribution in [0.3, 0.4) is 0 Å². The molecule has 8 heteroatoms. The van der Waals surface area contributed by atoms with Crippen LogP contribution in [0.5, 0.6) is 0 Å². The van der Waals surface area contributed by atoms with Crippen LogP contribution in [0.4, 0.5) is 0 Å². The summed E-state index contributed by atoms with van der Waals surface area (Å²) < 4.78 is 2.04. The van der Waals surface area contributed by atoms with Crippen molar-refractivity contribution in [3.63, 3.8) is 0 Å². The monoisotopic (exact) mass is 510 g/mol. The van der Waals surface area contributed by atoms with E-state index in [9.17, 15) is 0 Å². The van der Waals surface area contributed by atoms with E-state index in [1.807, 2.05) is 46.6 Å². The van der Waals surface area contributed by atoms with Gasteiger partial charge in [0.25, 0.3) is 0 Å². The van der Waals surface area contributed by atoms with Crippen molar-refractivity contribution < 1.29 is 0 Å². The van der Waals surface area contributed by atoms with E-state index in [1.165, 1.54) is 4.90 Å². The Balaban J connectivity index is 0.00000280. The Bertz CT molecular complexity index is 852. The van der Waals surface area contributed by atoms with Gasteiger partial charge in [-0.15, -0.1) is 45.9 Å². The van der Waals surface area contributed by atoms with E-state index in [0.29, 0.717) is 0 Å². The molecule has 0 saturated heterocycles. The van der Waals surface area contributed by atoms with Crippen molar-refractivity contribution >= 4 is 47.3 Å². The lowest BCUT2D eigenvalue weighted by Crippen LogP contribution is -2.38. The molecule has 2 aromatic heterocycles. The lowest BCUT2D eigenvalue weighted by molar-refractivity contribution is 0.757. The Morgan fingerprint density at radius 3 is 2.71 bits per heavy atom. The molecule has 28 heavy (non-hydrogen) atoms. The van der Waals surface area contributed by atoms with Crippen LogP contribution in [-0.2, 0) is 6.42 Å². The van der Waals surface area contributed by atoms with E-state index >= 15 is 0 Å². The summed E-state index contributed by atoms with van der Waals surface area (Å²) in [6.45, 7) is 4.56. The van der Waals surface area contributed by atoms with Crippen LogP contribution < -0.4 is 10.6 Å². The lowest BCUT2D eigenvalue weighted by atomic mass is 10.3. The molecule has 0 unspecified atom stereocenters. The first-order valence-corrected chi connectivity index (χ1v) is 10.3. The third kappa shape index (κ3) is 6.97. The highest BCUT2D eigenvalue weighted by molar-refractivity contribution is 14.0. The van der Waals surface area contributed by atoms with Crippen molar-refractivity contribution in [1.29, 1.82) is 0 Å². The first-order valence-electron chi connectivity index (χ1n) is 9.35. The Hall–Kier alpha value is -1.81. The molecule has 1 aromatic carbocycles. The van der Waals surface area contributed by atoms with Gasteiger partial charge in [-0.3, -0.25) is 9.39 Å². The van der Waals surface area contributed by atoms with E-state index in [4.69, 9.17) is 0 Å². The molecule has 3 aromatic rings. The number of halogens is 1. The van der Waals surface area contributed by atoms with Gasteiger partial charge in [0, 0.05) is 42.9 Å². The molecule has 0 fully saturated rings. The molecule has 0 bridgehead atoms. The molecule has 0 aliphatic heterocycles. The van der Waals surface area contributed by atoms with Crippen molar-refractivity contribution in [2.24, 2.45) is 4.99 Å². The number of nitrogens with one attached hydrogen (secondary N) is 2. The van der Waals surface area contributed by atoms with Gasteiger partial charge in [0.1, 0.15) is 5.82 Å². The lowest BCUT2D eigenvalue weighted by Gasteiger charge is -2.11. The number of aromatic nitrogens is 3. The quantitative estimate of drug-likeness (QED) is 0.151. The fourth-order valence-corrected chi connectivity index (χ4v) is 3.48. The summed E-state index contributed by atoms with van der Waals surface area (Å²) in [7, 11) is 0. The number of guanidine groups is 1. The molecule has 2 N–H and O–H groups in total. The molecule has 3 rings (SSSR count). The van der Waals surface area contributed by atoms with Gasteiger partial charge < -0.3 is 10.6 Å². The van der Waals surface area contributed by atoms with E-state index in [2.05, 4.69) is 57.0 Å². The first kappa shape index (κ1) is 22.5. The number of aryl methyl sites for hydroxylation is 1. The summed E-state index contributed by atoms with van der Waals surface area (Å²) in [4.78, 5) is 5.96. The Labute approximate surface area is 187 Å². The van der Waals surface area contributed by atoms with Crippen LogP contribution in [0, 0.1) is 0 Å². The molecule has 0 saturated carbocycles. The van der Waals surface area contributed by atoms with Gasteiger partial charge in [-0.2, -0.15) is 0 Å². The Kier molecular flexibility index (Phi) is 10.1. The van der Waals surface area contributed by atoms with Crippen LogP contribution in [0.2, 0.25) is 0 Å². The van der Waals surface area contributed by atoms with Crippen LogP contribution in [-0.4, -0.2) is 45.9 Å². The van der Waals surface area contributed by atoms with Crippen molar-refractivity contribution in [1.82, 2.24) is 25.2 Å². The van der Waals surface area contributed by atoms with Gasteiger partial charge in [0.05, 0.1) is 0 Å². The molecule has 0 atom stereocenters. The fourth-order valence-electron chi connectivity index (χ4n) is 2.69.